The summed E-state index contributed by atoms with van der Waals surface area (Å²) in [6.45, 7) is 1.68. The van der Waals surface area contributed by atoms with Crippen LogP contribution in [-0.2, 0) is 9.53 Å². The van der Waals surface area contributed by atoms with E-state index in [2.05, 4.69) is 15.0 Å². The van der Waals surface area contributed by atoms with Crippen molar-refractivity contribution in [2.75, 3.05) is 45.3 Å². The second-order valence-electron chi connectivity index (χ2n) is 8.40. The summed E-state index contributed by atoms with van der Waals surface area (Å²) in [5.41, 5.74) is 4.67. The molecule has 0 spiro atoms. The van der Waals surface area contributed by atoms with Crippen LogP contribution in [0, 0.1) is 0 Å². The number of carbonyl (C=O) groups excluding carboxylic acids is 1. The molecule has 1 atom stereocenters. The third-order valence-corrected chi connectivity index (χ3v) is 5.83. The van der Waals surface area contributed by atoms with Gasteiger partial charge in [-0.25, -0.2) is 9.97 Å². The summed E-state index contributed by atoms with van der Waals surface area (Å²) in [6, 6.07) is 10.1. The smallest absolute Gasteiger partial charge is 0.268 e. The molecule has 4 heterocycles. The molecule has 0 unspecified atom stereocenters. The summed E-state index contributed by atoms with van der Waals surface area (Å²) in [5, 5.41) is 0. The maximum atomic E-state index is 12.7. The first-order valence-corrected chi connectivity index (χ1v) is 11.2. The molecule has 5 rings (SSSR count). The number of fused-ring (bicyclic) bond motifs is 1. The van der Waals surface area contributed by atoms with Gasteiger partial charge in [0.1, 0.15) is 18.4 Å². The predicted octanol–water partition coefficient (Wildman–Crippen LogP) is 2.72. The molecule has 9 nitrogen and oxygen atoms in total. The third-order valence-electron chi connectivity index (χ3n) is 5.83. The molecule has 34 heavy (non-hydrogen) atoms. The van der Waals surface area contributed by atoms with E-state index in [9.17, 15) is 4.79 Å². The quantitative estimate of drug-likeness (QED) is 0.561. The number of rotatable bonds is 6. The van der Waals surface area contributed by atoms with Gasteiger partial charge in [0, 0.05) is 56.9 Å². The Morgan fingerprint density at radius 1 is 1.21 bits per heavy atom. The average Bonchev–Trinajstić information content (AvgIpc) is 3.42. The van der Waals surface area contributed by atoms with E-state index in [1.165, 1.54) is 0 Å². The van der Waals surface area contributed by atoms with Crippen molar-refractivity contribution in [3.05, 3.63) is 55.0 Å². The number of anilines is 1. The molecule has 174 valence electrons. The summed E-state index contributed by atoms with van der Waals surface area (Å²) < 4.78 is 12.0. The first kappa shape index (κ1) is 22.0. The van der Waals surface area contributed by atoms with Crippen molar-refractivity contribution in [1.82, 2.24) is 19.9 Å². The maximum Gasteiger partial charge on any atom is 0.268 e. The van der Waals surface area contributed by atoms with Crippen molar-refractivity contribution in [2.24, 2.45) is 4.99 Å². The van der Waals surface area contributed by atoms with Crippen molar-refractivity contribution in [3.8, 4) is 17.1 Å². The van der Waals surface area contributed by atoms with E-state index in [0.717, 1.165) is 16.9 Å². The second kappa shape index (κ2) is 9.56. The fraction of sp³-hybridized carbons (Fsp3) is 0.320. The number of aliphatic imine (C=N–C) groups is 1. The first-order valence-electron chi connectivity index (χ1n) is 11.2. The van der Waals surface area contributed by atoms with E-state index in [0.29, 0.717) is 48.7 Å². The normalized spacial score (nSPS) is 17.6. The van der Waals surface area contributed by atoms with Crippen LogP contribution in [0.15, 0.2) is 60.0 Å². The van der Waals surface area contributed by atoms with E-state index in [4.69, 9.17) is 14.5 Å². The summed E-state index contributed by atoms with van der Waals surface area (Å²) in [7, 11) is 4.01. The molecule has 0 bridgehead atoms. The molecule has 2 aliphatic heterocycles. The zero-order valence-electron chi connectivity index (χ0n) is 19.2. The van der Waals surface area contributed by atoms with Crippen LogP contribution in [0.5, 0.6) is 5.88 Å². The van der Waals surface area contributed by atoms with E-state index in [-0.39, 0.29) is 18.6 Å². The van der Waals surface area contributed by atoms with Crippen molar-refractivity contribution >= 4 is 28.3 Å². The van der Waals surface area contributed by atoms with Gasteiger partial charge in [0.15, 0.2) is 5.52 Å². The number of nitrogens with zero attached hydrogens (tertiary/aromatic N) is 6. The topological polar surface area (TPSA) is 93.0 Å². The fourth-order valence-electron chi connectivity index (χ4n) is 3.98. The number of hydrogen-bond acceptors (Lipinski definition) is 8. The monoisotopic (exact) mass is 458 g/mol. The van der Waals surface area contributed by atoms with Gasteiger partial charge < -0.3 is 19.3 Å². The Kier molecular flexibility index (Phi) is 6.18. The molecule has 9 heteroatoms. The largest absolute Gasteiger partial charge is 0.473 e. The van der Waals surface area contributed by atoms with Gasteiger partial charge >= 0.3 is 0 Å². The van der Waals surface area contributed by atoms with Crippen LogP contribution in [-0.4, -0.2) is 78.0 Å². The van der Waals surface area contributed by atoms with Crippen LogP contribution in [0.2, 0.25) is 0 Å². The van der Waals surface area contributed by atoms with Crippen LogP contribution in [0.4, 0.5) is 5.69 Å². The summed E-state index contributed by atoms with van der Waals surface area (Å²) >= 11 is 0. The van der Waals surface area contributed by atoms with Gasteiger partial charge in [-0.15, -0.1) is 0 Å². The minimum absolute atomic E-state index is 0.0455. The lowest BCUT2D eigenvalue weighted by Gasteiger charge is -2.32. The Morgan fingerprint density at radius 3 is 2.79 bits per heavy atom. The third kappa shape index (κ3) is 4.60. The van der Waals surface area contributed by atoms with Crippen molar-refractivity contribution in [3.63, 3.8) is 0 Å². The Morgan fingerprint density at radius 2 is 2.03 bits per heavy atom. The Labute approximate surface area is 197 Å². The molecule has 0 radical (unpaired) electrons. The van der Waals surface area contributed by atoms with E-state index in [1.54, 1.807) is 23.5 Å². The fourth-order valence-corrected chi connectivity index (χ4v) is 3.98. The Balaban J connectivity index is 1.34. The number of pyridine rings is 1. The van der Waals surface area contributed by atoms with Gasteiger partial charge in [-0.3, -0.25) is 14.8 Å². The molecule has 1 saturated heterocycles. The number of allylic oxidation sites excluding steroid dienone is 1. The number of aromatic nitrogens is 3. The van der Waals surface area contributed by atoms with E-state index in [1.807, 2.05) is 55.4 Å². The summed E-state index contributed by atoms with van der Waals surface area (Å²) in [5.74, 6) is 0.351. The summed E-state index contributed by atoms with van der Waals surface area (Å²) in [6.07, 6.45) is 7.13. The van der Waals surface area contributed by atoms with Crippen molar-refractivity contribution in [2.45, 2.75) is 12.5 Å². The van der Waals surface area contributed by atoms with Gasteiger partial charge in [0.05, 0.1) is 24.4 Å². The van der Waals surface area contributed by atoms with Crippen molar-refractivity contribution < 1.29 is 14.3 Å². The Hall–Kier alpha value is -3.85. The lowest BCUT2D eigenvalue weighted by atomic mass is 10.1. The van der Waals surface area contributed by atoms with Gasteiger partial charge in [-0.05, 0) is 18.2 Å². The van der Waals surface area contributed by atoms with Crippen molar-refractivity contribution in [1.29, 1.82) is 0 Å². The molecule has 1 amide bonds. The van der Waals surface area contributed by atoms with Crippen LogP contribution >= 0.6 is 0 Å². The number of morpholine rings is 1. The van der Waals surface area contributed by atoms with Gasteiger partial charge in [0.25, 0.3) is 5.91 Å². The number of carbonyl (C=O) groups is 1. The molecular weight excluding hydrogens is 432 g/mol. The molecule has 0 aliphatic carbocycles. The zero-order chi connectivity index (χ0) is 23.5. The highest BCUT2D eigenvalue weighted by atomic mass is 16.5. The standard InChI is InChI=1S/C25H26N6O3/c1-30(2)18-7-5-17(6-8-18)21-14-22-23(28-11-10-27-22)24(29-21)34-16-19-15-31(12-13-33-19)25(32)20-4-3-9-26-20/h3,5-11,14,19H,4,12-13,15-16H2,1-2H3/t19-/m0/s1. The SMILES string of the molecule is CN(C)c1ccc(-c2cc3nccnc3c(OC[C@@H]3CN(C(=O)C4=NC=CC4)CCO3)n2)cc1. The van der Waals surface area contributed by atoms with Gasteiger partial charge in [0.2, 0.25) is 5.88 Å². The van der Waals surface area contributed by atoms with Crippen LogP contribution in [0.3, 0.4) is 0 Å². The number of benzene rings is 1. The number of ether oxygens (including phenoxy) is 2. The predicted molar refractivity (Wildman–Crippen MR) is 130 cm³/mol. The zero-order valence-corrected chi connectivity index (χ0v) is 19.2. The Bertz CT molecular complexity index is 1260. The van der Waals surface area contributed by atoms with Crippen LogP contribution < -0.4 is 9.64 Å². The number of amides is 1. The molecule has 1 aromatic carbocycles. The minimum Gasteiger partial charge on any atom is -0.473 e. The highest BCUT2D eigenvalue weighted by Crippen LogP contribution is 2.28. The molecule has 1 fully saturated rings. The molecule has 0 saturated carbocycles. The second-order valence-corrected chi connectivity index (χ2v) is 8.40. The molecule has 2 aromatic heterocycles. The average molecular weight is 459 g/mol. The maximum absolute atomic E-state index is 12.7. The van der Waals surface area contributed by atoms with E-state index >= 15 is 0 Å². The number of hydrogen-bond donors (Lipinski definition) is 0. The summed E-state index contributed by atoms with van der Waals surface area (Å²) in [4.78, 5) is 34.3. The molecular formula is C25H26N6O3. The molecule has 3 aromatic rings. The lowest BCUT2D eigenvalue weighted by Crippen LogP contribution is -2.49. The van der Waals surface area contributed by atoms with E-state index < -0.39 is 0 Å². The minimum atomic E-state index is -0.274. The van der Waals surface area contributed by atoms with Gasteiger partial charge in [-0.2, -0.15) is 0 Å². The van der Waals surface area contributed by atoms with Gasteiger partial charge in [-0.1, -0.05) is 18.2 Å². The highest BCUT2D eigenvalue weighted by molar-refractivity contribution is 6.39. The molecule has 2 aliphatic rings. The lowest BCUT2D eigenvalue weighted by molar-refractivity contribution is -0.132. The molecule has 0 N–H and O–H groups in total. The van der Waals surface area contributed by atoms with Crippen LogP contribution in [0.25, 0.3) is 22.3 Å². The highest BCUT2D eigenvalue weighted by Gasteiger charge is 2.28. The first-order chi connectivity index (χ1) is 16.6. The van der Waals surface area contributed by atoms with Crippen LogP contribution in [0.1, 0.15) is 6.42 Å².